The van der Waals surface area contributed by atoms with Crippen molar-refractivity contribution in [3.8, 4) is 0 Å². The molecule has 0 amide bonds. The van der Waals surface area contributed by atoms with Crippen LogP contribution in [0.2, 0.25) is 0 Å². The van der Waals surface area contributed by atoms with Crippen molar-refractivity contribution in [2.24, 2.45) is 0 Å². The van der Waals surface area contributed by atoms with Crippen molar-refractivity contribution in [1.82, 2.24) is 4.98 Å². The van der Waals surface area contributed by atoms with Crippen LogP contribution in [-0.2, 0) is 6.42 Å². The van der Waals surface area contributed by atoms with E-state index in [9.17, 15) is 0 Å². The van der Waals surface area contributed by atoms with Crippen molar-refractivity contribution in [2.75, 3.05) is 5.32 Å². The SMILES string of the molecule is c1ccc([C@H]2Cc3ccccc3N2)nc1. The number of nitrogens with one attached hydrogen (secondary N) is 1. The van der Waals surface area contributed by atoms with Gasteiger partial charge >= 0.3 is 0 Å². The van der Waals surface area contributed by atoms with Crippen molar-refractivity contribution in [2.45, 2.75) is 12.5 Å². The van der Waals surface area contributed by atoms with Crippen LogP contribution < -0.4 is 5.32 Å². The highest BCUT2D eigenvalue weighted by atomic mass is 15.0. The van der Waals surface area contributed by atoms with Gasteiger partial charge in [-0.3, -0.25) is 4.98 Å². The number of aromatic nitrogens is 1. The van der Waals surface area contributed by atoms with Gasteiger partial charge < -0.3 is 5.32 Å². The molecule has 1 N–H and O–H groups in total. The minimum Gasteiger partial charge on any atom is -0.376 e. The number of anilines is 1. The van der Waals surface area contributed by atoms with Crippen LogP contribution in [0.15, 0.2) is 48.7 Å². The lowest BCUT2D eigenvalue weighted by Crippen LogP contribution is -2.07. The summed E-state index contributed by atoms with van der Waals surface area (Å²) in [7, 11) is 0. The van der Waals surface area contributed by atoms with Crippen LogP contribution in [0.5, 0.6) is 0 Å². The normalized spacial score (nSPS) is 18.3. The van der Waals surface area contributed by atoms with Crippen molar-refractivity contribution in [3.63, 3.8) is 0 Å². The highest BCUT2D eigenvalue weighted by Gasteiger charge is 2.21. The molecule has 1 aliphatic heterocycles. The zero-order valence-electron chi connectivity index (χ0n) is 8.35. The second-order valence-corrected chi connectivity index (χ2v) is 3.81. The molecule has 0 saturated carbocycles. The Labute approximate surface area is 89.0 Å². The third-order valence-electron chi connectivity index (χ3n) is 2.82. The third-order valence-corrected chi connectivity index (χ3v) is 2.82. The van der Waals surface area contributed by atoms with Gasteiger partial charge in [-0.1, -0.05) is 24.3 Å². The summed E-state index contributed by atoms with van der Waals surface area (Å²) in [6.45, 7) is 0. The van der Waals surface area contributed by atoms with Crippen LogP contribution in [-0.4, -0.2) is 4.98 Å². The first kappa shape index (κ1) is 8.48. The topological polar surface area (TPSA) is 24.9 Å². The lowest BCUT2D eigenvalue weighted by Gasteiger charge is -2.09. The molecule has 0 bridgehead atoms. The summed E-state index contributed by atoms with van der Waals surface area (Å²) in [5.41, 5.74) is 3.75. The minimum absolute atomic E-state index is 0.337. The maximum Gasteiger partial charge on any atom is 0.0726 e. The number of benzene rings is 1. The lowest BCUT2D eigenvalue weighted by molar-refractivity contribution is 0.788. The summed E-state index contributed by atoms with van der Waals surface area (Å²) in [6, 6.07) is 14.8. The van der Waals surface area contributed by atoms with E-state index in [0.717, 1.165) is 12.1 Å². The van der Waals surface area contributed by atoms with Gasteiger partial charge in [-0.2, -0.15) is 0 Å². The maximum atomic E-state index is 4.38. The number of hydrogen-bond donors (Lipinski definition) is 1. The molecule has 15 heavy (non-hydrogen) atoms. The fourth-order valence-corrected chi connectivity index (χ4v) is 2.06. The van der Waals surface area contributed by atoms with E-state index < -0.39 is 0 Å². The molecule has 3 rings (SSSR count). The van der Waals surface area contributed by atoms with Gasteiger partial charge in [0.2, 0.25) is 0 Å². The fraction of sp³-hybridized carbons (Fsp3) is 0.154. The number of para-hydroxylation sites is 1. The highest BCUT2D eigenvalue weighted by molar-refractivity contribution is 5.57. The number of fused-ring (bicyclic) bond motifs is 1. The summed E-state index contributed by atoms with van der Waals surface area (Å²) in [6.07, 6.45) is 2.88. The van der Waals surface area contributed by atoms with Crippen molar-refractivity contribution < 1.29 is 0 Å². The Morgan fingerprint density at radius 1 is 1.07 bits per heavy atom. The number of hydrogen-bond acceptors (Lipinski definition) is 2. The molecule has 0 spiro atoms. The Bertz CT molecular complexity index is 440. The number of rotatable bonds is 1. The molecule has 74 valence electrons. The average Bonchev–Trinajstić information content (AvgIpc) is 2.74. The predicted molar refractivity (Wildman–Crippen MR) is 60.7 cm³/mol. The molecule has 0 unspecified atom stereocenters. The fourth-order valence-electron chi connectivity index (χ4n) is 2.06. The zero-order valence-corrected chi connectivity index (χ0v) is 8.35. The first-order chi connectivity index (χ1) is 7.43. The van der Waals surface area contributed by atoms with Gasteiger partial charge in [0.1, 0.15) is 0 Å². The molecule has 2 nitrogen and oxygen atoms in total. The zero-order chi connectivity index (χ0) is 10.1. The first-order valence-corrected chi connectivity index (χ1v) is 5.19. The van der Waals surface area contributed by atoms with E-state index in [2.05, 4.69) is 40.6 Å². The van der Waals surface area contributed by atoms with Gasteiger partial charge in [0.05, 0.1) is 11.7 Å². The van der Waals surface area contributed by atoms with Crippen LogP contribution in [0.3, 0.4) is 0 Å². The molecule has 0 aliphatic carbocycles. The van der Waals surface area contributed by atoms with Crippen LogP contribution in [0.25, 0.3) is 0 Å². The van der Waals surface area contributed by atoms with E-state index in [1.807, 2.05) is 18.3 Å². The van der Waals surface area contributed by atoms with Gasteiger partial charge in [-0.25, -0.2) is 0 Å². The number of nitrogens with zero attached hydrogens (tertiary/aromatic N) is 1. The summed E-state index contributed by atoms with van der Waals surface area (Å²) >= 11 is 0. The number of pyridine rings is 1. The molecule has 2 heteroatoms. The average molecular weight is 196 g/mol. The standard InChI is InChI=1S/C13H12N2/c1-2-6-11-10(5-1)9-13(15-11)12-7-3-4-8-14-12/h1-8,13,15H,9H2/t13-/m1/s1. The van der Waals surface area contributed by atoms with Crippen molar-refractivity contribution in [1.29, 1.82) is 0 Å². The molecule has 0 radical (unpaired) electrons. The van der Waals surface area contributed by atoms with Crippen molar-refractivity contribution in [3.05, 3.63) is 59.9 Å². The second kappa shape index (κ2) is 3.39. The smallest absolute Gasteiger partial charge is 0.0726 e. The van der Waals surface area contributed by atoms with Gasteiger partial charge in [0, 0.05) is 18.3 Å². The van der Waals surface area contributed by atoms with E-state index in [4.69, 9.17) is 0 Å². The molecule has 2 aromatic rings. The Morgan fingerprint density at radius 3 is 2.73 bits per heavy atom. The molecule has 1 aromatic heterocycles. The van der Waals surface area contributed by atoms with Crippen LogP contribution >= 0.6 is 0 Å². The summed E-state index contributed by atoms with van der Waals surface area (Å²) in [4.78, 5) is 4.38. The third kappa shape index (κ3) is 1.48. The van der Waals surface area contributed by atoms with E-state index in [-0.39, 0.29) is 0 Å². The summed E-state index contributed by atoms with van der Waals surface area (Å²) in [5, 5.41) is 3.49. The van der Waals surface area contributed by atoms with E-state index in [1.165, 1.54) is 11.3 Å². The highest BCUT2D eigenvalue weighted by Crippen LogP contribution is 2.32. The summed E-state index contributed by atoms with van der Waals surface area (Å²) < 4.78 is 0. The molecule has 1 aromatic carbocycles. The molecule has 0 fully saturated rings. The lowest BCUT2D eigenvalue weighted by atomic mass is 10.1. The Morgan fingerprint density at radius 2 is 1.93 bits per heavy atom. The van der Waals surface area contributed by atoms with Gasteiger partial charge in [-0.05, 0) is 23.8 Å². The van der Waals surface area contributed by atoms with E-state index in [1.54, 1.807) is 0 Å². The molecule has 1 atom stereocenters. The van der Waals surface area contributed by atoms with Gasteiger partial charge in [0.15, 0.2) is 0 Å². The van der Waals surface area contributed by atoms with Crippen LogP contribution in [0.4, 0.5) is 5.69 Å². The van der Waals surface area contributed by atoms with E-state index in [0.29, 0.717) is 6.04 Å². The molecule has 1 aliphatic rings. The van der Waals surface area contributed by atoms with Crippen LogP contribution in [0, 0.1) is 0 Å². The molecular formula is C13H12N2. The summed E-state index contributed by atoms with van der Waals surface area (Å²) in [5.74, 6) is 0. The largest absolute Gasteiger partial charge is 0.376 e. The minimum atomic E-state index is 0.337. The van der Waals surface area contributed by atoms with E-state index >= 15 is 0 Å². The predicted octanol–water partition coefficient (Wildman–Crippen LogP) is 2.79. The second-order valence-electron chi connectivity index (χ2n) is 3.81. The first-order valence-electron chi connectivity index (χ1n) is 5.19. The van der Waals surface area contributed by atoms with Gasteiger partial charge in [0.25, 0.3) is 0 Å². The Kier molecular flexibility index (Phi) is 1.91. The quantitative estimate of drug-likeness (QED) is 0.758. The van der Waals surface area contributed by atoms with Crippen molar-refractivity contribution >= 4 is 5.69 Å². The monoisotopic (exact) mass is 196 g/mol. The molecule has 0 saturated heterocycles. The maximum absolute atomic E-state index is 4.38. The van der Waals surface area contributed by atoms with Crippen LogP contribution in [0.1, 0.15) is 17.3 Å². The van der Waals surface area contributed by atoms with Gasteiger partial charge in [-0.15, -0.1) is 0 Å². The molecular weight excluding hydrogens is 184 g/mol. The Balaban J connectivity index is 1.91. The molecule has 2 heterocycles. The Hall–Kier alpha value is -1.83.